The van der Waals surface area contributed by atoms with Crippen molar-refractivity contribution in [2.24, 2.45) is 0 Å². The summed E-state index contributed by atoms with van der Waals surface area (Å²) in [7, 11) is -7.08. The molecule has 4 rings (SSSR count). The summed E-state index contributed by atoms with van der Waals surface area (Å²) >= 11 is 3.05. The first-order valence-electron chi connectivity index (χ1n) is 13.9. The number of thiazole rings is 1. The first-order valence-corrected chi connectivity index (χ1v) is 18.6. The minimum atomic E-state index is -4.33. The Balaban J connectivity index is 0.000000616. The number of ether oxygens (including phenoxy) is 1. The molecule has 0 bridgehead atoms. The Morgan fingerprint density at radius 3 is 2.19 bits per heavy atom. The monoisotopic (exact) mass is 657 g/mol. The third kappa shape index (κ3) is 9.93. The molecule has 0 amide bonds. The van der Waals surface area contributed by atoms with Crippen LogP contribution in [0.4, 0.5) is 5.69 Å². The van der Waals surface area contributed by atoms with E-state index in [-0.39, 0.29) is 12.8 Å². The standard InChI is InChI=1S/C22H24N2O7S4.C6H15N/c1-31-16-8-9-20-18(14-16)24(11-5-13-35(28,29)30)22(33-20)15-21-23(10-4-12-34(25,26)27)17-6-2-3-7-19(17)32-21;1-4-7(5-2)6-3/h2-3,6-9,14-15H,4-5,10-13H2,1H3,(H-,25,26,27,28,29,30);4-6H2,1-3H3. The quantitative estimate of drug-likeness (QED) is 0.218. The largest absolute Gasteiger partial charge is 0.748 e. The lowest BCUT2D eigenvalue weighted by molar-refractivity contribution is -0.894. The maximum Gasteiger partial charge on any atom is 0.265 e. The van der Waals surface area contributed by atoms with Crippen molar-refractivity contribution in [3.63, 3.8) is 0 Å². The van der Waals surface area contributed by atoms with Crippen LogP contribution in [-0.4, -0.2) is 70.7 Å². The highest BCUT2D eigenvalue weighted by Crippen LogP contribution is 2.48. The third-order valence-electron chi connectivity index (χ3n) is 6.87. The number of aryl methyl sites for hydroxylation is 1. The van der Waals surface area contributed by atoms with Crippen LogP contribution < -0.4 is 19.1 Å². The van der Waals surface area contributed by atoms with E-state index < -0.39 is 31.7 Å². The van der Waals surface area contributed by atoms with Gasteiger partial charge in [0.2, 0.25) is 5.52 Å². The second-order valence-electron chi connectivity index (χ2n) is 9.67. The van der Waals surface area contributed by atoms with E-state index in [1.165, 1.54) is 42.7 Å². The van der Waals surface area contributed by atoms with Gasteiger partial charge in [-0.1, -0.05) is 35.2 Å². The van der Waals surface area contributed by atoms with Crippen molar-refractivity contribution < 1.29 is 40.1 Å². The van der Waals surface area contributed by atoms with Crippen molar-refractivity contribution in [1.82, 2.24) is 0 Å². The van der Waals surface area contributed by atoms with Crippen molar-refractivity contribution in [2.75, 3.05) is 49.7 Å². The molecule has 0 saturated heterocycles. The SMILES string of the molecule is CC[NH+](CC)CC.COc1ccc2c(c1)N(CCCS(=O)(=O)[O-])/C(=C/c1sc3ccccc3[n+]1CCCS(=O)(=O)[O-])S2. The molecule has 0 unspecified atom stereocenters. The summed E-state index contributed by atoms with van der Waals surface area (Å²) in [6.07, 6.45) is 2.32. The number of para-hydroxylation sites is 1. The molecular formula is C28H39N3O7S4. The van der Waals surface area contributed by atoms with E-state index in [1.54, 1.807) is 12.0 Å². The number of thioether (sulfide) groups is 1. The lowest BCUT2D eigenvalue weighted by Gasteiger charge is -2.21. The van der Waals surface area contributed by atoms with Crippen molar-refractivity contribution in [3.8, 4) is 5.75 Å². The van der Waals surface area contributed by atoms with Crippen LogP contribution in [0.3, 0.4) is 0 Å². The number of benzene rings is 2. The molecule has 2 heterocycles. The molecule has 1 aliphatic heterocycles. The Hall–Kier alpha value is -2.20. The minimum absolute atomic E-state index is 0.161. The maximum atomic E-state index is 11.2. The highest BCUT2D eigenvalue weighted by Gasteiger charge is 2.28. The van der Waals surface area contributed by atoms with Crippen molar-refractivity contribution in [1.29, 1.82) is 0 Å². The van der Waals surface area contributed by atoms with Gasteiger partial charge in [0.05, 0.1) is 63.8 Å². The second-order valence-corrected chi connectivity index (χ2v) is 14.8. The summed E-state index contributed by atoms with van der Waals surface area (Å²) in [5.41, 5.74) is 1.79. The van der Waals surface area contributed by atoms with Crippen LogP contribution in [0.1, 0.15) is 38.6 Å². The average Bonchev–Trinajstić information content (AvgIpc) is 3.45. The van der Waals surface area contributed by atoms with Crippen molar-refractivity contribution in [2.45, 2.75) is 45.1 Å². The number of rotatable bonds is 13. The highest BCUT2D eigenvalue weighted by atomic mass is 32.2. The Kier molecular flexibility index (Phi) is 12.7. The van der Waals surface area contributed by atoms with E-state index in [9.17, 15) is 25.9 Å². The molecule has 0 spiro atoms. The van der Waals surface area contributed by atoms with Gasteiger partial charge in [0.25, 0.3) is 5.01 Å². The second kappa shape index (κ2) is 15.5. The van der Waals surface area contributed by atoms with Crippen LogP contribution in [0.2, 0.25) is 0 Å². The van der Waals surface area contributed by atoms with Crippen LogP contribution in [0, 0.1) is 0 Å². The number of quaternary nitrogens is 1. The van der Waals surface area contributed by atoms with Crippen LogP contribution in [0.15, 0.2) is 52.4 Å². The van der Waals surface area contributed by atoms with Gasteiger partial charge >= 0.3 is 0 Å². The number of nitrogens with zero attached hydrogens (tertiary/aromatic N) is 2. The first kappa shape index (κ1) is 34.3. The van der Waals surface area contributed by atoms with E-state index >= 15 is 0 Å². The van der Waals surface area contributed by atoms with Gasteiger partial charge in [-0.3, -0.25) is 0 Å². The average molecular weight is 658 g/mol. The summed E-state index contributed by atoms with van der Waals surface area (Å²) in [4.78, 5) is 4.61. The predicted octanol–water partition coefficient (Wildman–Crippen LogP) is 2.91. The zero-order valence-corrected chi connectivity index (χ0v) is 27.6. The number of hydrogen-bond donors (Lipinski definition) is 1. The van der Waals surface area contributed by atoms with Gasteiger partial charge in [0, 0.05) is 41.5 Å². The van der Waals surface area contributed by atoms with E-state index in [0.717, 1.165) is 30.8 Å². The zero-order chi connectivity index (χ0) is 30.9. The Bertz CT molecular complexity index is 1580. The normalized spacial score (nSPS) is 14.4. The number of hydrogen-bond acceptors (Lipinski definition) is 10. The zero-order valence-electron chi connectivity index (χ0n) is 24.4. The van der Waals surface area contributed by atoms with Crippen molar-refractivity contribution >= 4 is 65.3 Å². The molecule has 2 aromatic carbocycles. The molecule has 232 valence electrons. The Labute approximate surface area is 257 Å². The van der Waals surface area contributed by atoms with Crippen LogP contribution in [0.25, 0.3) is 16.3 Å². The summed E-state index contributed by atoms with van der Waals surface area (Å²) in [5.74, 6) is -0.258. The van der Waals surface area contributed by atoms with Crippen LogP contribution >= 0.6 is 23.1 Å². The smallest absolute Gasteiger partial charge is 0.265 e. The third-order valence-corrected chi connectivity index (χ3v) is 10.7. The first-order chi connectivity index (χ1) is 19.9. The van der Waals surface area contributed by atoms with Crippen LogP contribution in [0.5, 0.6) is 5.75 Å². The fourth-order valence-corrected chi connectivity index (χ4v) is 7.86. The van der Waals surface area contributed by atoms with Crippen LogP contribution in [-0.2, 0) is 26.8 Å². The number of fused-ring (bicyclic) bond motifs is 2. The van der Waals surface area contributed by atoms with E-state index in [2.05, 4.69) is 20.8 Å². The molecule has 0 atom stereocenters. The van der Waals surface area contributed by atoms with Gasteiger partial charge in [0.1, 0.15) is 10.4 Å². The molecule has 42 heavy (non-hydrogen) atoms. The lowest BCUT2D eigenvalue weighted by Crippen LogP contribution is -3.11. The van der Waals surface area contributed by atoms with E-state index in [1.807, 2.05) is 58.0 Å². The molecule has 0 saturated carbocycles. The molecule has 1 aliphatic rings. The Morgan fingerprint density at radius 2 is 1.60 bits per heavy atom. The lowest BCUT2D eigenvalue weighted by atomic mass is 10.2. The Morgan fingerprint density at radius 1 is 0.952 bits per heavy atom. The summed E-state index contributed by atoms with van der Waals surface area (Å²) in [6, 6.07) is 13.4. The molecule has 14 heteroatoms. The minimum Gasteiger partial charge on any atom is -0.748 e. The number of nitrogens with one attached hydrogen (secondary N) is 1. The molecule has 0 fully saturated rings. The van der Waals surface area contributed by atoms with Gasteiger partial charge < -0.3 is 23.6 Å². The van der Waals surface area contributed by atoms with E-state index in [4.69, 9.17) is 4.74 Å². The van der Waals surface area contributed by atoms with Gasteiger partial charge in [-0.05, 0) is 45.4 Å². The molecule has 0 radical (unpaired) electrons. The van der Waals surface area contributed by atoms with Gasteiger partial charge in [0.15, 0.2) is 6.54 Å². The molecule has 0 aliphatic carbocycles. The number of aromatic nitrogens is 1. The van der Waals surface area contributed by atoms with Crippen molar-refractivity contribution in [3.05, 3.63) is 52.5 Å². The predicted molar refractivity (Wildman–Crippen MR) is 167 cm³/mol. The maximum absolute atomic E-state index is 11.2. The molecule has 1 N–H and O–H groups in total. The topological polar surface area (TPSA) is 135 Å². The fourth-order valence-electron chi connectivity index (χ4n) is 4.59. The summed E-state index contributed by atoms with van der Waals surface area (Å²) < 4.78 is 75.2. The molecule has 1 aromatic heterocycles. The van der Waals surface area contributed by atoms with E-state index in [0.29, 0.717) is 18.8 Å². The number of anilines is 1. The highest BCUT2D eigenvalue weighted by molar-refractivity contribution is 8.04. The van der Waals surface area contributed by atoms with Gasteiger partial charge in [-0.15, -0.1) is 0 Å². The fraction of sp³-hybridized carbons (Fsp3) is 0.464. The summed E-state index contributed by atoms with van der Waals surface area (Å²) in [6.45, 7) is 11.2. The van der Waals surface area contributed by atoms with Gasteiger partial charge in [-0.2, -0.15) is 4.57 Å². The van der Waals surface area contributed by atoms with Gasteiger partial charge in [-0.25, -0.2) is 16.8 Å². The molecule has 10 nitrogen and oxygen atoms in total. The number of methoxy groups -OCH3 is 1. The summed E-state index contributed by atoms with van der Waals surface area (Å²) in [5, 5.41) is 1.70. The molecular weight excluding hydrogens is 619 g/mol. The molecule has 3 aromatic rings.